The summed E-state index contributed by atoms with van der Waals surface area (Å²) in [5.41, 5.74) is 7.19. The topological polar surface area (TPSA) is 50.9 Å². The number of rotatable bonds is 2. The maximum absolute atomic E-state index is 6.18. The number of nitrogen functional groups attached to an aromatic ring is 1. The molecule has 5 heteroatoms. The van der Waals surface area contributed by atoms with Crippen LogP contribution in [0.25, 0.3) is 0 Å². The van der Waals surface area contributed by atoms with Gasteiger partial charge in [-0.25, -0.2) is 4.98 Å². The molecule has 2 aromatic rings. The molecule has 0 aliphatic carbocycles. The molecule has 0 fully saturated rings. The van der Waals surface area contributed by atoms with E-state index in [9.17, 15) is 0 Å². The molecular formula is C12H11Cl2N3. The summed E-state index contributed by atoms with van der Waals surface area (Å²) in [4.78, 5) is 4.13. The summed E-state index contributed by atoms with van der Waals surface area (Å²) in [6.45, 7) is 1.91. The molecule has 0 atom stereocenters. The zero-order valence-electron chi connectivity index (χ0n) is 9.17. The smallest absolute Gasteiger partial charge is 0.132 e. The zero-order chi connectivity index (χ0) is 12.4. The van der Waals surface area contributed by atoms with E-state index < -0.39 is 0 Å². The van der Waals surface area contributed by atoms with Crippen molar-refractivity contribution in [1.82, 2.24) is 4.98 Å². The lowest BCUT2D eigenvalue weighted by atomic mass is 10.2. The van der Waals surface area contributed by atoms with Gasteiger partial charge in [0, 0.05) is 0 Å². The normalized spacial score (nSPS) is 10.3. The average molecular weight is 268 g/mol. The Labute approximate surface area is 110 Å². The van der Waals surface area contributed by atoms with Gasteiger partial charge in [-0.05, 0) is 30.7 Å². The van der Waals surface area contributed by atoms with Crippen LogP contribution < -0.4 is 11.1 Å². The van der Waals surface area contributed by atoms with Crippen molar-refractivity contribution in [2.24, 2.45) is 0 Å². The summed E-state index contributed by atoms with van der Waals surface area (Å²) in [7, 11) is 0. The minimum absolute atomic E-state index is 0.440. The number of hydrogen-bond donors (Lipinski definition) is 2. The molecule has 17 heavy (non-hydrogen) atoms. The maximum atomic E-state index is 6.18. The number of aryl methyl sites for hydroxylation is 1. The van der Waals surface area contributed by atoms with Crippen molar-refractivity contribution in [2.75, 3.05) is 11.1 Å². The third-order valence-corrected chi connectivity index (χ3v) is 3.11. The minimum Gasteiger partial charge on any atom is -0.384 e. The van der Waals surface area contributed by atoms with E-state index in [1.807, 2.05) is 19.1 Å². The van der Waals surface area contributed by atoms with Crippen LogP contribution in [-0.4, -0.2) is 4.98 Å². The van der Waals surface area contributed by atoms with Gasteiger partial charge in [-0.3, -0.25) is 0 Å². The van der Waals surface area contributed by atoms with Crippen molar-refractivity contribution in [3.8, 4) is 0 Å². The molecule has 2 rings (SSSR count). The molecule has 0 bridgehead atoms. The van der Waals surface area contributed by atoms with Gasteiger partial charge in [-0.2, -0.15) is 0 Å². The highest BCUT2D eigenvalue weighted by atomic mass is 35.5. The molecule has 1 heterocycles. The van der Waals surface area contributed by atoms with E-state index in [-0.39, 0.29) is 0 Å². The van der Waals surface area contributed by atoms with Crippen LogP contribution >= 0.6 is 23.2 Å². The fourth-order valence-electron chi connectivity index (χ4n) is 1.42. The Morgan fingerprint density at radius 2 is 1.94 bits per heavy atom. The molecule has 0 unspecified atom stereocenters. The number of benzene rings is 1. The van der Waals surface area contributed by atoms with Crippen LogP contribution in [0.3, 0.4) is 0 Å². The molecule has 0 aliphatic heterocycles. The Morgan fingerprint density at radius 3 is 2.65 bits per heavy atom. The molecule has 0 saturated heterocycles. The number of nitrogens with one attached hydrogen (secondary N) is 1. The lowest BCUT2D eigenvalue weighted by molar-refractivity contribution is 1.31. The Hall–Kier alpha value is -1.45. The van der Waals surface area contributed by atoms with Crippen molar-refractivity contribution >= 4 is 40.5 Å². The molecule has 3 N–H and O–H groups in total. The van der Waals surface area contributed by atoms with Crippen molar-refractivity contribution in [3.63, 3.8) is 0 Å². The Kier molecular flexibility index (Phi) is 3.41. The second kappa shape index (κ2) is 4.82. The number of nitrogens with zero attached hydrogens (tertiary/aromatic N) is 1. The van der Waals surface area contributed by atoms with Gasteiger partial charge in [-0.1, -0.05) is 35.3 Å². The van der Waals surface area contributed by atoms with Gasteiger partial charge in [0.15, 0.2) is 0 Å². The Balaban J connectivity index is 2.39. The third kappa shape index (κ3) is 2.62. The van der Waals surface area contributed by atoms with Gasteiger partial charge in [0.1, 0.15) is 11.6 Å². The molecule has 0 spiro atoms. The molecule has 1 aromatic carbocycles. The van der Waals surface area contributed by atoms with E-state index >= 15 is 0 Å². The molecule has 0 radical (unpaired) electrons. The fourth-order valence-corrected chi connectivity index (χ4v) is 1.89. The average Bonchev–Trinajstić information content (AvgIpc) is 2.30. The number of hydrogen-bond acceptors (Lipinski definition) is 3. The first-order chi connectivity index (χ1) is 8.08. The highest BCUT2D eigenvalue weighted by Gasteiger charge is 2.09. The van der Waals surface area contributed by atoms with E-state index in [2.05, 4.69) is 10.3 Å². The van der Waals surface area contributed by atoms with Gasteiger partial charge in [0.25, 0.3) is 0 Å². The minimum atomic E-state index is 0.440. The summed E-state index contributed by atoms with van der Waals surface area (Å²) < 4.78 is 0. The summed E-state index contributed by atoms with van der Waals surface area (Å²) in [5.74, 6) is 1.05. The Bertz CT molecular complexity index is 555. The van der Waals surface area contributed by atoms with Gasteiger partial charge in [0.2, 0.25) is 0 Å². The first-order valence-corrected chi connectivity index (χ1v) is 5.77. The first kappa shape index (κ1) is 12.0. The van der Waals surface area contributed by atoms with Crippen LogP contribution in [0.4, 0.5) is 17.3 Å². The second-order valence-electron chi connectivity index (χ2n) is 3.63. The molecule has 0 amide bonds. The van der Waals surface area contributed by atoms with E-state index in [4.69, 9.17) is 28.9 Å². The summed E-state index contributed by atoms with van der Waals surface area (Å²) in [5, 5.41) is 4.20. The van der Waals surface area contributed by atoms with Gasteiger partial charge in [-0.15, -0.1) is 0 Å². The predicted molar refractivity (Wildman–Crippen MR) is 73.1 cm³/mol. The van der Waals surface area contributed by atoms with Gasteiger partial charge >= 0.3 is 0 Å². The van der Waals surface area contributed by atoms with Crippen molar-refractivity contribution in [1.29, 1.82) is 0 Å². The van der Waals surface area contributed by atoms with Crippen LogP contribution in [-0.2, 0) is 0 Å². The highest BCUT2D eigenvalue weighted by Crippen LogP contribution is 2.34. The van der Waals surface area contributed by atoms with Crippen LogP contribution in [0.2, 0.25) is 10.0 Å². The Morgan fingerprint density at radius 1 is 1.18 bits per heavy atom. The van der Waals surface area contributed by atoms with Crippen LogP contribution in [0.15, 0.2) is 30.3 Å². The fraction of sp³-hybridized carbons (Fsp3) is 0.0833. The highest BCUT2D eigenvalue weighted by molar-refractivity contribution is 6.39. The lowest BCUT2D eigenvalue weighted by Gasteiger charge is -2.11. The molecule has 1 aromatic heterocycles. The van der Waals surface area contributed by atoms with Gasteiger partial charge in [0.05, 0.1) is 15.7 Å². The van der Waals surface area contributed by atoms with Crippen LogP contribution in [0.5, 0.6) is 0 Å². The molecular weight excluding hydrogens is 257 g/mol. The SMILES string of the molecule is Cc1ccc(Cl)c(Nc2cccc(N)n2)c1Cl. The standard InChI is InChI=1S/C12H11Cl2N3/c1-7-5-6-8(13)12(11(7)14)17-10-4-2-3-9(15)16-10/h2-6H,1H3,(H3,15,16,17). The summed E-state index contributed by atoms with van der Waals surface area (Å²) in [6, 6.07) is 8.97. The predicted octanol–water partition coefficient (Wildman–Crippen LogP) is 4.02. The van der Waals surface area contributed by atoms with E-state index in [0.29, 0.717) is 27.4 Å². The van der Waals surface area contributed by atoms with Gasteiger partial charge < -0.3 is 11.1 Å². The van der Waals surface area contributed by atoms with Crippen LogP contribution in [0.1, 0.15) is 5.56 Å². The number of pyridine rings is 1. The third-order valence-electron chi connectivity index (χ3n) is 2.31. The molecule has 0 aliphatic rings. The number of nitrogens with two attached hydrogens (primary N) is 1. The number of aromatic nitrogens is 1. The lowest BCUT2D eigenvalue weighted by Crippen LogP contribution is -1.98. The number of anilines is 3. The molecule has 3 nitrogen and oxygen atoms in total. The number of halogens is 2. The quantitative estimate of drug-likeness (QED) is 0.864. The van der Waals surface area contributed by atoms with Crippen molar-refractivity contribution in [3.05, 3.63) is 45.9 Å². The second-order valence-corrected chi connectivity index (χ2v) is 4.41. The van der Waals surface area contributed by atoms with E-state index in [1.54, 1.807) is 18.2 Å². The molecule has 0 saturated carbocycles. The van der Waals surface area contributed by atoms with E-state index in [1.165, 1.54) is 0 Å². The first-order valence-electron chi connectivity index (χ1n) is 5.02. The molecule has 88 valence electrons. The monoisotopic (exact) mass is 267 g/mol. The van der Waals surface area contributed by atoms with Crippen molar-refractivity contribution in [2.45, 2.75) is 6.92 Å². The van der Waals surface area contributed by atoms with Crippen LogP contribution in [0, 0.1) is 6.92 Å². The maximum Gasteiger partial charge on any atom is 0.132 e. The van der Waals surface area contributed by atoms with Crippen molar-refractivity contribution < 1.29 is 0 Å². The summed E-state index contributed by atoms with van der Waals surface area (Å²) >= 11 is 12.3. The van der Waals surface area contributed by atoms with E-state index in [0.717, 1.165) is 5.56 Å². The zero-order valence-corrected chi connectivity index (χ0v) is 10.7. The largest absolute Gasteiger partial charge is 0.384 e. The summed E-state index contributed by atoms with van der Waals surface area (Å²) in [6.07, 6.45) is 0.